The standard InChI is InChI=1S/C96H174O26/c1-9-13-17-20-23-26-29-32-33-36-39-41-46-51-57-63-74(99)116-87-72(66-97)114-93(82(107)80(87)105)122-90-86(120-92-81(106)79(104)84(68(6)110-92)115-73(98)62-56-50-45-40-37-34-30-27-24-21-18-14-10-2)70(8)112-96(91(90)118-76(101)65-59-52-47-42-38-35-31-28-25-22-19-15-11-3)119-85-69(7)111-95-89(83(85)108)117-75(100)64-58-53-48-43-44-49-55-61-71(60-54-16-12-4)113-94-88(121-95)78(103)77(102)67(5)109-94/h67-72,77-97,102-108H,9-66H2,1-8H3. The van der Waals surface area contributed by atoms with Crippen molar-refractivity contribution in [3.63, 3.8) is 0 Å². The number of unbranched alkanes of at least 4 members (excludes halogenated alkanes) is 40. The van der Waals surface area contributed by atoms with Gasteiger partial charge in [0.05, 0.1) is 37.1 Å². The van der Waals surface area contributed by atoms with Gasteiger partial charge >= 0.3 is 23.9 Å². The molecule has 0 aliphatic carbocycles. The number of aliphatic hydroxyl groups excluding tert-OH is 8. The van der Waals surface area contributed by atoms with Crippen molar-refractivity contribution in [1.29, 1.82) is 0 Å². The molecule has 6 rings (SSSR count). The molecule has 122 heavy (non-hydrogen) atoms. The number of hydrogen-bond acceptors (Lipinski definition) is 26. The summed E-state index contributed by atoms with van der Waals surface area (Å²) in [4.78, 5) is 56.2. The Bertz CT molecular complexity index is 2660. The predicted octanol–water partition coefficient (Wildman–Crippen LogP) is 17.1. The van der Waals surface area contributed by atoms with Gasteiger partial charge in [-0.25, -0.2) is 0 Å². The topological polar surface area (TPSA) is 359 Å². The van der Waals surface area contributed by atoms with Crippen molar-refractivity contribution in [3.8, 4) is 0 Å². The number of hydrogen-bond donors (Lipinski definition) is 8. The summed E-state index contributed by atoms with van der Waals surface area (Å²) in [6, 6.07) is 0. The van der Waals surface area contributed by atoms with Gasteiger partial charge in [-0.1, -0.05) is 329 Å². The number of esters is 4. The fourth-order valence-corrected chi connectivity index (χ4v) is 18.1. The van der Waals surface area contributed by atoms with E-state index in [0.29, 0.717) is 44.9 Å². The SMILES string of the molecule is CCCCCCCCCCCCCCCCCC(=O)OC1C(CO)OC(OC2C(OC3OC(C)C(OC(=O)CCCCCCCCCCCCCCC)C(O)C3O)C(C)OC(OC3C(C)OC4OC5C(OC(CCCCC)CCCCCCCCCC(=O)OC4C3O)OC(C)C(O)C5O)C2OC(=O)CCCCCCCCCCCCCCC)C(O)C1O. The smallest absolute Gasteiger partial charge is 0.306 e. The van der Waals surface area contributed by atoms with E-state index in [4.69, 9.17) is 66.3 Å². The molecule has 26 nitrogen and oxygen atoms in total. The van der Waals surface area contributed by atoms with Gasteiger partial charge < -0.3 is 107 Å². The van der Waals surface area contributed by atoms with Crippen LogP contribution in [0.4, 0.5) is 0 Å². The summed E-state index contributed by atoms with van der Waals surface area (Å²) in [5.74, 6) is -2.74. The van der Waals surface area contributed by atoms with Crippen LogP contribution < -0.4 is 0 Å². The highest BCUT2D eigenvalue weighted by Crippen LogP contribution is 2.41. The van der Waals surface area contributed by atoms with Crippen molar-refractivity contribution in [2.75, 3.05) is 6.61 Å². The largest absolute Gasteiger partial charge is 0.457 e. The van der Waals surface area contributed by atoms with Gasteiger partial charge in [0.2, 0.25) is 0 Å². The van der Waals surface area contributed by atoms with Crippen molar-refractivity contribution >= 4 is 23.9 Å². The lowest BCUT2D eigenvalue weighted by Crippen LogP contribution is -2.68. The molecule has 26 unspecified atom stereocenters. The summed E-state index contributed by atoms with van der Waals surface area (Å²) >= 11 is 0. The normalized spacial score (nSPS) is 32.8. The van der Waals surface area contributed by atoms with E-state index < -0.39 is 184 Å². The van der Waals surface area contributed by atoms with Gasteiger partial charge in [0.25, 0.3) is 0 Å². The van der Waals surface area contributed by atoms with E-state index in [2.05, 4.69) is 27.7 Å². The minimum atomic E-state index is -2.05. The molecule has 0 bridgehead atoms. The van der Waals surface area contributed by atoms with Gasteiger partial charge in [0, 0.05) is 25.7 Å². The molecule has 6 fully saturated rings. The molecular weight excluding hydrogens is 1570 g/mol. The van der Waals surface area contributed by atoms with Crippen LogP contribution in [0.3, 0.4) is 0 Å². The van der Waals surface area contributed by atoms with Gasteiger partial charge in [0.15, 0.2) is 55.9 Å². The number of ether oxygens (including phenoxy) is 14. The van der Waals surface area contributed by atoms with E-state index in [9.17, 15) is 60.0 Å². The van der Waals surface area contributed by atoms with Crippen molar-refractivity contribution in [2.24, 2.45) is 0 Å². The summed E-state index contributed by atoms with van der Waals surface area (Å²) in [5.41, 5.74) is 0. The number of fused-ring (bicyclic) bond motifs is 2. The zero-order valence-electron chi connectivity index (χ0n) is 76.9. The van der Waals surface area contributed by atoms with E-state index >= 15 is 0 Å². The molecule has 8 N–H and O–H groups in total. The Morgan fingerprint density at radius 3 is 1.13 bits per heavy atom. The predicted molar refractivity (Wildman–Crippen MR) is 465 cm³/mol. The maximum absolute atomic E-state index is 14.9. The number of aliphatic hydroxyl groups is 8. The highest BCUT2D eigenvalue weighted by Gasteiger charge is 2.59. The quantitative estimate of drug-likeness (QED) is 0.0159. The van der Waals surface area contributed by atoms with Crippen LogP contribution in [0.15, 0.2) is 0 Å². The van der Waals surface area contributed by atoms with E-state index in [1.165, 1.54) is 161 Å². The Morgan fingerprint density at radius 1 is 0.311 bits per heavy atom. The molecule has 0 aromatic rings. The summed E-state index contributed by atoms with van der Waals surface area (Å²) in [7, 11) is 0. The molecular formula is C96H174O26. The highest BCUT2D eigenvalue weighted by atomic mass is 16.8. The van der Waals surface area contributed by atoms with Gasteiger partial charge in [0.1, 0.15) is 73.2 Å². The Labute approximate surface area is 734 Å². The molecule has 0 aromatic heterocycles. The lowest BCUT2D eigenvalue weighted by molar-refractivity contribution is -0.400. The van der Waals surface area contributed by atoms with E-state index in [0.717, 1.165) is 141 Å². The van der Waals surface area contributed by atoms with Crippen LogP contribution in [0.5, 0.6) is 0 Å². The van der Waals surface area contributed by atoms with Crippen molar-refractivity contribution in [1.82, 2.24) is 0 Å². The van der Waals surface area contributed by atoms with Gasteiger partial charge in [-0.2, -0.15) is 0 Å². The fraction of sp³-hybridized carbons (Fsp3) is 0.958. The maximum atomic E-state index is 14.9. The monoisotopic (exact) mass is 1740 g/mol. The second-order valence-corrected chi connectivity index (χ2v) is 36.7. The highest BCUT2D eigenvalue weighted by molar-refractivity contribution is 5.71. The van der Waals surface area contributed by atoms with E-state index in [1.54, 1.807) is 20.8 Å². The molecule has 0 amide bonds. The lowest BCUT2D eigenvalue weighted by atomic mass is 9.95. The van der Waals surface area contributed by atoms with Crippen LogP contribution in [0.1, 0.15) is 421 Å². The summed E-state index contributed by atoms with van der Waals surface area (Å²) in [5, 5.41) is 95.9. The first-order valence-electron chi connectivity index (χ1n) is 49.9. The van der Waals surface area contributed by atoms with Gasteiger partial charge in [-0.3, -0.25) is 19.2 Å². The summed E-state index contributed by atoms with van der Waals surface area (Å²) in [6.45, 7) is 14.2. The lowest BCUT2D eigenvalue weighted by Gasteiger charge is -2.51. The number of carbonyl (C=O) groups excluding carboxylic acids is 4. The summed E-state index contributed by atoms with van der Waals surface area (Å²) in [6.07, 6.45) is 15.1. The van der Waals surface area contributed by atoms with Crippen LogP contribution in [0.2, 0.25) is 0 Å². The van der Waals surface area contributed by atoms with Crippen LogP contribution in [-0.4, -0.2) is 231 Å². The van der Waals surface area contributed by atoms with Gasteiger partial charge in [-0.05, 0) is 66.2 Å². The molecule has 0 aromatic carbocycles. The van der Waals surface area contributed by atoms with Crippen LogP contribution in [0.25, 0.3) is 0 Å². The summed E-state index contributed by atoms with van der Waals surface area (Å²) < 4.78 is 90.6. The molecule has 26 atom stereocenters. The Morgan fingerprint density at radius 2 is 0.664 bits per heavy atom. The third-order valence-electron chi connectivity index (χ3n) is 25.9. The molecule has 6 heterocycles. The van der Waals surface area contributed by atoms with Crippen molar-refractivity contribution < 1.29 is 126 Å². The van der Waals surface area contributed by atoms with Crippen LogP contribution in [-0.2, 0) is 85.5 Å². The Hall–Kier alpha value is -2.84. The Kier molecular flexibility index (Phi) is 56.6. The maximum Gasteiger partial charge on any atom is 0.306 e. The first kappa shape index (κ1) is 108. The van der Waals surface area contributed by atoms with Crippen molar-refractivity contribution in [2.45, 2.75) is 581 Å². The Balaban J connectivity index is 1.27. The van der Waals surface area contributed by atoms with Crippen LogP contribution in [0, 0.1) is 0 Å². The second-order valence-electron chi connectivity index (χ2n) is 36.7. The first-order chi connectivity index (χ1) is 59.2. The molecule has 714 valence electrons. The van der Waals surface area contributed by atoms with Crippen molar-refractivity contribution in [3.05, 3.63) is 0 Å². The average Bonchev–Trinajstić information content (AvgIpc) is 0.762. The fourth-order valence-electron chi connectivity index (χ4n) is 18.1. The average molecular weight is 1740 g/mol. The van der Waals surface area contributed by atoms with E-state index in [-0.39, 0.29) is 31.8 Å². The molecule has 0 spiro atoms. The second kappa shape index (κ2) is 64.0. The van der Waals surface area contributed by atoms with E-state index in [1.807, 2.05) is 0 Å². The number of carbonyl (C=O) groups is 4. The number of rotatable bonds is 58. The van der Waals surface area contributed by atoms with Gasteiger partial charge in [-0.15, -0.1) is 0 Å². The molecule has 0 saturated carbocycles. The molecule has 6 saturated heterocycles. The molecule has 6 aliphatic rings. The first-order valence-corrected chi connectivity index (χ1v) is 49.9. The minimum absolute atomic E-state index is 0.000805. The zero-order valence-corrected chi connectivity index (χ0v) is 76.9. The molecule has 0 radical (unpaired) electrons. The van der Waals surface area contributed by atoms with Crippen LogP contribution >= 0.6 is 0 Å². The molecule has 26 heteroatoms. The third kappa shape index (κ3) is 39.9. The molecule has 6 aliphatic heterocycles. The third-order valence-corrected chi connectivity index (χ3v) is 25.9. The minimum Gasteiger partial charge on any atom is -0.457 e. The zero-order chi connectivity index (χ0) is 88.2.